The Morgan fingerprint density at radius 3 is 2.36 bits per heavy atom. The summed E-state index contributed by atoms with van der Waals surface area (Å²) in [6, 6.07) is 0.113. The van der Waals surface area contributed by atoms with Gasteiger partial charge in [-0.25, -0.2) is 0 Å². The first-order valence-corrected chi connectivity index (χ1v) is 9.78. The van der Waals surface area contributed by atoms with E-state index >= 15 is 0 Å². The standard InChI is InChI=1S/C20H33NO4/c1-4-7-17(23)21-19-13(10-14-12-16(19)20(14,2)3)11-15(22)8-5-6-9-18(24)25/h13-14,16,19H,4-12H2,1-3H3,(H,21,23)(H,24,25)/t13-,14+,16+,19?/m1/s1. The van der Waals surface area contributed by atoms with E-state index < -0.39 is 5.97 Å². The van der Waals surface area contributed by atoms with Gasteiger partial charge in [-0.3, -0.25) is 14.4 Å². The van der Waals surface area contributed by atoms with Gasteiger partial charge in [-0.1, -0.05) is 20.8 Å². The molecule has 0 aliphatic heterocycles. The van der Waals surface area contributed by atoms with Crippen LogP contribution in [0.1, 0.15) is 78.6 Å². The van der Waals surface area contributed by atoms with Gasteiger partial charge in [-0.05, 0) is 55.3 Å². The summed E-state index contributed by atoms with van der Waals surface area (Å²) in [7, 11) is 0. The number of amides is 1. The van der Waals surface area contributed by atoms with Crippen LogP contribution in [0, 0.1) is 23.2 Å². The summed E-state index contributed by atoms with van der Waals surface area (Å²) in [5.41, 5.74) is 0.255. The zero-order valence-electron chi connectivity index (χ0n) is 15.8. The highest BCUT2D eigenvalue weighted by Crippen LogP contribution is 2.61. The molecule has 2 N–H and O–H groups in total. The van der Waals surface area contributed by atoms with Gasteiger partial charge in [-0.2, -0.15) is 0 Å². The van der Waals surface area contributed by atoms with Gasteiger partial charge >= 0.3 is 5.97 Å². The molecule has 5 nitrogen and oxygen atoms in total. The van der Waals surface area contributed by atoms with E-state index in [-0.39, 0.29) is 35.5 Å². The smallest absolute Gasteiger partial charge is 0.303 e. The molecule has 25 heavy (non-hydrogen) atoms. The lowest BCUT2D eigenvalue weighted by Gasteiger charge is -2.62. The molecule has 0 spiro atoms. The lowest BCUT2D eigenvalue weighted by molar-refractivity contribution is -0.141. The summed E-state index contributed by atoms with van der Waals surface area (Å²) < 4.78 is 0. The van der Waals surface area contributed by atoms with E-state index in [4.69, 9.17) is 5.11 Å². The molecule has 2 bridgehead atoms. The van der Waals surface area contributed by atoms with Crippen LogP contribution in [-0.4, -0.2) is 28.8 Å². The average Bonchev–Trinajstić information content (AvgIpc) is 2.52. The van der Waals surface area contributed by atoms with Crippen LogP contribution in [-0.2, 0) is 14.4 Å². The summed E-state index contributed by atoms with van der Waals surface area (Å²) in [6.45, 7) is 6.57. The normalized spacial score (nSPS) is 29.6. The average molecular weight is 351 g/mol. The number of carbonyl (C=O) groups excluding carboxylic acids is 2. The summed E-state index contributed by atoms with van der Waals surface area (Å²) in [4.78, 5) is 35.0. The lowest BCUT2D eigenvalue weighted by Crippen LogP contribution is -2.63. The fourth-order valence-electron chi connectivity index (χ4n) is 4.81. The number of hydrogen-bond donors (Lipinski definition) is 2. The van der Waals surface area contributed by atoms with Gasteiger partial charge in [0.25, 0.3) is 0 Å². The van der Waals surface area contributed by atoms with E-state index in [2.05, 4.69) is 19.2 Å². The van der Waals surface area contributed by atoms with Crippen LogP contribution < -0.4 is 5.32 Å². The number of fused-ring (bicyclic) bond motifs is 2. The van der Waals surface area contributed by atoms with Crippen molar-refractivity contribution in [2.75, 3.05) is 0 Å². The SMILES string of the molecule is CCCC(=O)NC1[C@@H](CC(=O)CCCCC(=O)O)C[C@H]2C[C@@H]1C2(C)C. The van der Waals surface area contributed by atoms with Crippen molar-refractivity contribution in [3.05, 3.63) is 0 Å². The van der Waals surface area contributed by atoms with Gasteiger partial charge in [0.2, 0.25) is 5.91 Å². The fourth-order valence-corrected chi connectivity index (χ4v) is 4.81. The molecule has 3 aliphatic carbocycles. The minimum absolute atomic E-state index is 0.104. The van der Waals surface area contributed by atoms with Gasteiger partial charge in [0.05, 0.1) is 0 Å². The second-order valence-electron chi connectivity index (χ2n) is 8.54. The van der Waals surface area contributed by atoms with Crippen molar-refractivity contribution in [3.63, 3.8) is 0 Å². The minimum atomic E-state index is -0.805. The zero-order valence-corrected chi connectivity index (χ0v) is 15.8. The number of rotatable bonds is 10. The quantitative estimate of drug-likeness (QED) is 0.590. The minimum Gasteiger partial charge on any atom is -0.481 e. The highest BCUT2D eigenvalue weighted by atomic mass is 16.4. The molecule has 4 atom stereocenters. The topological polar surface area (TPSA) is 83.5 Å². The number of carboxylic acids is 1. The second-order valence-corrected chi connectivity index (χ2v) is 8.54. The maximum Gasteiger partial charge on any atom is 0.303 e. The predicted molar refractivity (Wildman–Crippen MR) is 96.1 cm³/mol. The summed E-state index contributed by atoms with van der Waals surface area (Å²) in [6.07, 6.45) is 5.86. The van der Waals surface area contributed by atoms with Crippen molar-refractivity contribution >= 4 is 17.7 Å². The Bertz CT molecular complexity index is 514. The monoisotopic (exact) mass is 351 g/mol. The van der Waals surface area contributed by atoms with Gasteiger partial charge < -0.3 is 10.4 Å². The Kier molecular flexibility index (Phi) is 6.64. The van der Waals surface area contributed by atoms with Crippen molar-refractivity contribution in [3.8, 4) is 0 Å². The number of Topliss-reactive ketones (excluding diaryl/α,β-unsaturated/α-hetero) is 1. The van der Waals surface area contributed by atoms with Gasteiger partial charge in [0.15, 0.2) is 0 Å². The van der Waals surface area contributed by atoms with E-state index in [0.29, 0.717) is 43.9 Å². The number of hydrogen-bond acceptors (Lipinski definition) is 3. The van der Waals surface area contributed by atoms with Crippen LogP contribution in [0.25, 0.3) is 0 Å². The predicted octanol–water partition coefficient (Wildman–Crippen LogP) is 3.56. The van der Waals surface area contributed by atoms with Crippen LogP contribution in [0.15, 0.2) is 0 Å². The lowest BCUT2D eigenvalue weighted by atomic mass is 9.44. The molecular formula is C20H33NO4. The summed E-state index contributed by atoms with van der Waals surface area (Å²) >= 11 is 0. The van der Waals surface area contributed by atoms with Crippen LogP contribution in [0.3, 0.4) is 0 Å². The number of unbranched alkanes of at least 4 members (excludes halogenated alkanes) is 1. The first-order valence-electron chi connectivity index (χ1n) is 9.78. The molecule has 0 heterocycles. The molecule has 3 saturated carbocycles. The van der Waals surface area contributed by atoms with E-state index in [1.807, 2.05) is 6.92 Å². The van der Waals surface area contributed by atoms with E-state index in [1.54, 1.807) is 0 Å². The highest BCUT2D eigenvalue weighted by Gasteiger charge is 2.58. The van der Waals surface area contributed by atoms with Gasteiger partial charge in [0.1, 0.15) is 5.78 Å². The Hall–Kier alpha value is -1.39. The number of carbonyl (C=O) groups is 3. The molecule has 0 aromatic heterocycles. The molecule has 3 aliphatic rings. The maximum atomic E-state index is 12.3. The third kappa shape index (κ3) is 4.83. The van der Waals surface area contributed by atoms with Crippen molar-refractivity contribution in [2.24, 2.45) is 23.2 Å². The van der Waals surface area contributed by atoms with E-state index in [1.165, 1.54) is 0 Å². The first kappa shape index (κ1) is 19.9. The second kappa shape index (κ2) is 8.33. The van der Waals surface area contributed by atoms with Crippen LogP contribution in [0.5, 0.6) is 0 Å². The Balaban J connectivity index is 1.89. The van der Waals surface area contributed by atoms with Gasteiger partial charge in [-0.15, -0.1) is 0 Å². The third-order valence-electron chi connectivity index (χ3n) is 6.47. The molecule has 0 saturated heterocycles. The third-order valence-corrected chi connectivity index (χ3v) is 6.47. The number of nitrogens with one attached hydrogen (secondary N) is 1. The molecule has 0 radical (unpaired) electrons. The molecule has 1 unspecified atom stereocenters. The summed E-state index contributed by atoms with van der Waals surface area (Å²) in [5.74, 6) is 0.876. The van der Waals surface area contributed by atoms with Crippen LogP contribution in [0.2, 0.25) is 0 Å². The molecular weight excluding hydrogens is 318 g/mol. The van der Waals surface area contributed by atoms with Crippen LogP contribution >= 0.6 is 0 Å². The largest absolute Gasteiger partial charge is 0.481 e. The number of ketones is 1. The molecule has 3 fully saturated rings. The van der Waals surface area contributed by atoms with Crippen molar-refractivity contribution in [1.82, 2.24) is 5.32 Å². The Labute approximate surface area is 150 Å². The maximum absolute atomic E-state index is 12.3. The molecule has 5 heteroatoms. The zero-order chi connectivity index (χ0) is 18.6. The Morgan fingerprint density at radius 2 is 1.76 bits per heavy atom. The molecule has 1 amide bonds. The van der Waals surface area contributed by atoms with E-state index in [0.717, 1.165) is 19.3 Å². The van der Waals surface area contributed by atoms with Crippen molar-refractivity contribution < 1.29 is 19.5 Å². The summed E-state index contributed by atoms with van der Waals surface area (Å²) in [5, 5.41) is 11.9. The number of aliphatic carboxylic acids is 1. The molecule has 0 aromatic rings. The van der Waals surface area contributed by atoms with E-state index in [9.17, 15) is 14.4 Å². The molecule has 0 aromatic carbocycles. The van der Waals surface area contributed by atoms with Crippen molar-refractivity contribution in [2.45, 2.75) is 84.6 Å². The van der Waals surface area contributed by atoms with Crippen molar-refractivity contribution in [1.29, 1.82) is 0 Å². The number of carboxylic acid groups (broad SMARTS) is 1. The molecule has 142 valence electrons. The molecule has 3 rings (SSSR count). The fraction of sp³-hybridized carbons (Fsp3) is 0.850. The van der Waals surface area contributed by atoms with Gasteiger partial charge in [0, 0.05) is 31.7 Å². The Morgan fingerprint density at radius 1 is 1.08 bits per heavy atom. The first-order chi connectivity index (χ1) is 11.8. The highest BCUT2D eigenvalue weighted by molar-refractivity contribution is 5.79. The van der Waals surface area contributed by atoms with Crippen LogP contribution in [0.4, 0.5) is 0 Å².